The number of rotatable bonds is 3. The number of nitrogens with one attached hydrogen (secondary N) is 4. The number of amides is 2. The zero-order chi connectivity index (χ0) is 19.9. The molecule has 28 heavy (non-hydrogen) atoms. The van der Waals surface area contributed by atoms with Crippen LogP contribution in [0.5, 0.6) is 0 Å². The van der Waals surface area contributed by atoms with Crippen molar-refractivity contribution in [3.8, 4) is 0 Å². The van der Waals surface area contributed by atoms with E-state index in [2.05, 4.69) is 31.1 Å². The average molecular weight is 390 g/mol. The van der Waals surface area contributed by atoms with E-state index in [0.717, 1.165) is 5.56 Å². The third-order valence-corrected chi connectivity index (χ3v) is 4.61. The smallest absolute Gasteiger partial charge is 0.368 e. The second-order valence-electron chi connectivity index (χ2n) is 6.51. The van der Waals surface area contributed by atoms with Crippen molar-refractivity contribution < 1.29 is 18.0 Å². The minimum absolute atomic E-state index is 0.189. The molecule has 0 saturated heterocycles. The highest BCUT2D eigenvalue weighted by atomic mass is 19.4. The molecule has 4 rings (SSSR count). The van der Waals surface area contributed by atoms with E-state index < -0.39 is 23.6 Å². The van der Waals surface area contributed by atoms with Gasteiger partial charge in [-0.1, -0.05) is 30.3 Å². The lowest BCUT2D eigenvalue weighted by molar-refractivity contribution is -0.135. The van der Waals surface area contributed by atoms with E-state index >= 15 is 0 Å². The van der Waals surface area contributed by atoms with E-state index in [9.17, 15) is 18.0 Å². The summed E-state index contributed by atoms with van der Waals surface area (Å²) in [5, 5.41) is 14.5. The number of aromatic amines is 1. The molecule has 3 heterocycles. The maximum atomic E-state index is 13.7. The molecule has 4 N–H and O–H groups in total. The first-order valence-corrected chi connectivity index (χ1v) is 8.69. The van der Waals surface area contributed by atoms with Crippen LogP contribution in [0.25, 0.3) is 10.9 Å². The van der Waals surface area contributed by atoms with Crippen molar-refractivity contribution in [2.75, 3.05) is 17.2 Å². The van der Waals surface area contributed by atoms with Gasteiger partial charge in [0.1, 0.15) is 11.4 Å². The van der Waals surface area contributed by atoms with Crippen molar-refractivity contribution in [1.82, 2.24) is 20.5 Å². The molecule has 0 spiro atoms. The van der Waals surface area contributed by atoms with Crippen LogP contribution in [0.15, 0.2) is 30.3 Å². The summed E-state index contributed by atoms with van der Waals surface area (Å²) < 4.78 is 41.2. The van der Waals surface area contributed by atoms with E-state index in [1.807, 2.05) is 30.3 Å². The fourth-order valence-corrected chi connectivity index (χ4v) is 3.31. The van der Waals surface area contributed by atoms with Crippen molar-refractivity contribution >= 4 is 28.6 Å². The number of nitrogens with zero attached hydrogens (tertiary/aromatic N) is 2. The zero-order valence-corrected chi connectivity index (χ0v) is 14.8. The molecule has 0 saturated carbocycles. The Kier molecular flexibility index (Phi) is 4.33. The maximum absolute atomic E-state index is 13.7. The third kappa shape index (κ3) is 3.21. The van der Waals surface area contributed by atoms with Gasteiger partial charge in [0.15, 0.2) is 5.82 Å². The van der Waals surface area contributed by atoms with Crippen molar-refractivity contribution in [2.45, 2.75) is 25.6 Å². The number of benzene rings is 1. The number of hydrogen-bond donors (Lipinski definition) is 4. The molecule has 0 unspecified atom stereocenters. The molecule has 3 aromatic rings. The van der Waals surface area contributed by atoms with Crippen LogP contribution >= 0.6 is 0 Å². The van der Waals surface area contributed by atoms with Gasteiger partial charge in [0.05, 0.1) is 22.6 Å². The Hall–Kier alpha value is -3.30. The lowest BCUT2D eigenvalue weighted by atomic mass is 10.1. The van der Waals surface area contributed by atoms with Crippen molar-refractivity contribution in [2.24, 2.45) is 0 Å². The third-order valence-electron chi connectivity index (χ3n) is 4.61. The minimum Gasteiger partial charge on any atom is -0.368 e. The number of hydrogen-bond acceptors (Lipinski definition) is 4. The predicted molar refractivity (Wildman–Crippen MR) is 98.1 cm³/mol. The van der Waals surface area contributed by atoms with Gasteiger partial charge in [0.25, 0.3) is 0 Å². The summed E-state index contributed by atoms with van der Waals surface area (Å²) in [6.45, 7) is 2.24. The summed E-state index contributed by atoms with van der Waals surface area (Å²) in [7, 11) is 0. The van der Waals surface area contributed by atoms with Crippen LogP contribution in [0.2, 0.25) is 0 Å². The number of carbonyl (C=O) groups excluding carboxylic acids is 1. The van der Waals surface area contributed by atoms with Gasteiger partial charge in [-0.15, -0.1) is 0 Å². The molecule has 0 bridgehead atoms. The number of anilines is 2. The number of halogens is 3. The topological polar surface area (TPSA) is 94.7 Å². The summed E-state index contributed by atoms with van der Waals surface area (Å²) in [5.41, 5.74) is 0.0516. The summed E-state index contributed by atoms with van der Waals surface area (Å²) in [5.74, 6) is -0.201. The number of H-pyrrole nitrogens is 1. The van der Waals surface area contributed by atoms with Crippen LogP contribution in [0.4, 0.5) is 29.6 Å². The molecule has 2 amide bonds. The molecule has 0 aliphatic carbocycles. The summed E-state index contributed by atoms with van der Waals surface area (Å²) in [6.07, 6.45) is -4.29. The van der Waals surface area contributed by atoms with Crippen LogP contribution in [-0.2, 0) is 12.6 Å². The zero-order valence-electron chi connectivity index (χ0n) is 14.8. The van der Waals surface area contributed by atoms with Crippen LogP contribution in [0, 0.1) is 0 Å². The molecular weight excluding hydrogens is 373 g/mol. The standard InChI is InChI=1S/C18H17F3N6O/c1-9(10-5-3-2-4-6-10)23-17(28)25-16-13(18(19,20)21)14-12-11(24-16)7-8-22-15(12)27-26-14/h2-6,9H,7-8H2,1H3,(H2,22,26,27)(H2,23,24,25,28)/t9-/m1/s1. The van der Waals surface area contributed by atoms with Crippen LogP contribution in [-0.4, -0.2) is 27.8 Å². The lowest BCUT2D eigenvalue weighted by Gasteiger charge is -2.20. The van der Waals surface area contributed by atoms with Crippen molar-refractivity contribution in [1.29, 1.82) is 0 Å². The first-order valence-electron chi connectivity index (χ1n) is 8.69. The van der Waals surface area contributed by atoms with E-state index in [4.69, 9.17) is 0 Å². The van der Waals surface area contributed by atoms with E-state index in [0.29, 0.717) is 29.9 Å². The Morgan fingerprint density at radius 3 is 2.71 bits per heavy atom. The number of carbonyl (C=O) groups is 1. The van der Waals surface area contributed by atoms with Gasteiger partial charge in [-0.25, -0.2) is 9.78 Å². The second-order valence-corrected chi connectivity index (χ2v) is 6.51. The monoisotopic (exact) mass is 390 g/mol. The summed E-state index contributed by atoms with van der Waals surface area (Å²) >= 11 is 0. The van der Waals surface area contributed by atoms with Crippen molar-refractivity contribution in [3.63, 3.8) is 0 Å². The molecule has 1 aliphatic heterocycles. The van der Waals surface area contributed by atoms with Gasteiger partial charge < -0.3 is 10.6 Å². The highest BCUT2D eigenvalue weighted by Gasteiger charge is 2.40. The highest BCUT2D eigenvalue weighted by molar-refractivity contribution is 5.99. The molecular formula is C18H17F3N6O. The Balaban J connectivity index is 1.67. The maximum Gasteiger partial charge on any atom is 0.422 e. The molecule has 2 aromatic heterocycles. The van der Waals surface area contributed by atoms with Crippen molar-refractivity contribution in [3.05, 3.63) is 47.2 Å². The van der Waals surface area contributed by atoms with Gasteiger partial charge in [0.2, 0.25) is 0 Å². The van der Waals surface area contributed by atoms with Crippen LogP contribution in [0.1, 0.15) is 29.8 Å². The molecule has 0 radical (unpaired) electrons. The lowest BCUT2D eigenvalue weighted by Crippen LogP contribution is -2.32. The predicted octanol–water partition coefficient (Wildman–Crippen LogP) is 3.83. The minimum atomic E-state index is -4.72. The summed E-state index contributed by atoms with van der Waals surface area (Å²) in [6, 6.07) is 7.95. The second kappa shape index (κ2) is 6.70. The average Bonchev–Trinajstić information content (AvgIpc) is 3.06. The largest absolute Gasteiger partial charge is 0.422 e. The molecule has 1 aliphatic rings. The Labute approximate surface area is 157 Å². The van der Waals surface area contributed by atoms with E-state index in [1.54, 1.807) is 6.92 Å². The molecule has 1 atom stereocenters. The Bertz CT molecular complexity index is 1030. The number of aromatic nitrogens is 3. The number of urea groups is 1. The number of pyridine rings is 1. The highest BCUT2D eigenvalue weighted by Crippen LogP contribution is 2.41. The van der Waals surface area contributed by atoms with E-state index in [1.165, 1.54) is 0 Å². The normalized spacial score (nSPS) is 14.4. The first kappa shape index (κ1) is 18.1. The fraction of sp³-hybridized carbons (Fsp3) is 0.278. The van der Waals surface area contributed by atoms with Gasteiger partial charge in [-0.3, -0.25) is 10.4 Å². The first-order chi connectivity index (χ1) is 13.3. The molecule has 10 heteroatoms. The van der Waals surface area contributed by atoms with Gasteiger partial charge in [0, 0.05) is 13.0 Å². The van der Waals surface area contributed by atoms with Gasteiger partial charge >= 0.3 is 12.2 Å². The fourth-order valence-electron chi connectivity index (χ4n) is 3.31. The van der Waals surface area contributed by atoms with Gasteiger partial charge in [-0.2, -0.15) is 18.3 Å². The summed E-state index contributed by atoms with van der Waals surface area (Å²) in [4.78, 5) is 16.5. The molecule has 1 aromatic carbocycles. The number of alkyl halides is 3. The van der Waals surface area contributed by atoms with Crippen LogP contribution in [0.3, 0.4) is 0 Å². The van der Waals surface area contributed by atoms with E-state index in [-0.39, 0.29) is 11.6 Å². The van der Waals surface area contributed by atoms with Crippen LogP contribution < -0.4 is 16.0 Å². The molecule has 0 fully saturated rings. The molecule has 146 valence electrons. The SMILES string of the molecule is C[C@@H](NC(=O)Nc1nc2c3c(n[nH]c3c1C(F)(F)F)NCC2)c1ccccc1. The Morgan fingerprint density at radius 2 is 2.00 bits per heavy atom. The Morgan fingerprint density at radius 1 is 1.25 bits per heavy atom. The quantitative estimate of drug-likeness (QED) is 0.547. The molecule has 7 nitrogen and oxygen atoms in total. The van der Waals surface area contributed by atoms with Gasteiger partial charge in [-0.05, 0) is 12.5 Å².